The number of carboxylic acid groups (broad SMARTS) is 1. The molecule has 0 amide bonds. The van der Waals surface area contributed by atoms with E-state index in [0.29, 0.717) is 6.04 Å². The Hall–Kier alpha value is -0.620. The van der Waals surface area contributed by atoms with Crippen LogP contribution in [0.15, 0.2) is 22.7 Å². The van der Waals surface area contributed by atoms with Gasteiger partial charge in [-0.15, -0.1) is 0 Å². The monoisotopic (exact) mass is 374 g/mol. The Balaban J connectivity index is 1.83. The summed E-state index contributed by atoms with van der Waals surface area (Å²) in [5.41, 5.74) is 1.21. The summed E-state index contributed by atoms with van der Waals surface area (Å²) >= 11 is 9.52. The fourth-order valence-electron chi connectivity index (χ4n) is 2.76. The van der Waals surface area contributed by atoms with E-state index in [9.17, 15) is 4.79 Å². The lowest BCUT2D eigenvalue weighted by molar-refractivity contribution is -0.138. The molecule has 0 atom stereocenters. The number of likely N-dealkylation sites (N-methyl/N-ethyl adjacent to an activating group) is 1. The van der Waals surface area contributed by atoms with Crippen LogP contribution >= 0.6 is 27.5 Å². The summed E-state index contributed by atoms with van der Waals surface area (Å²) in [6, 6.07) is 6.42. The SMILES string of the molecule is CN(CC(=O)O)C1CCN(Cc2ccc(Br)c(Cl)c2)CC1. The average molecular weight is 376 g/mol. The van der Waals surface area contributed by atoms with Gasteiger partial charge >= 0.3 is 5.97 Å². The van der Waals surface area contributed by atoms with Crippen LogP contribution in [0.3, 0.4) is 0 Å². The van der Waals surface area contributed by atoms with E-state index in [1.807, 2.05) is 24.1 Å². The molecule has 0 saturated carbocycles. The molecule has 0 aliphatic carbocycles. The summed E-state index contributed by atoms with van der Waals surface area (Å²) in [5, 5.41) is 9.58. The van der Waals surface area contributed by atoms with Crippen molar-refractivity contribution in [2.45, 2.75) is 25.4 Å². The highest BCUT2D eigenvalue weighted by atomic mass is 79.9. The minimum absolute atomic E-state index is 0.118. The molecule has 6 heteroatoms. The maximum atomic E-state index is 10.7. The molecule has 0 bridgehead atoms. The predicted molar refractivity (Wildman–Crippen MR) is 87.7 cm³/mol. The molecule has 1 heterocycles. The van der Waals surface area contributed by atoms with Crippen LogP contribution in [0.5, 0.6) is 0 Å². The summed E-state index contributed by atoms with van der Waals surface area (Å²) in [5.74, 6) is -0.760. The lowest BCUT2D eigenvalue weighted by atomic mass is 10.0. The fourth-order valence-corrected chi connectivity index (χ4v) is 3.21. The smallest absolute Gasteiger partial charge is 0.317 e. The van der Waals surface area contributed by atoms with Crippen LogP contribution in [0, 0.1) is 0 Å². The molecule has 0 spiro atoms. The molecular weight excluding hydrogens is 356 g/mol. The van der Waals surface area contributed by atoms with Crippen molar-refractivity contribution in [3.63, 3.8) is 0 Å². The highest BCUT2D eigenvalue weighted by molar-refractivity contribution is 9.10. The Morgan fingerprint density at radius 2 is 2.14 bits per heavy atom. The number of likely N-dealkylation sites (tertiary alicyclic amines) is 1. The molecule has 1 aromatic rings. The normalized spacial score (nSPS) is 17.3. The van der Waals surface area contributed by atoms with Gasteiger partial charge in [0.2, 0.25) is 0 Å². The van der Waals surface area contributed by atoms with Crippen molar-refractivity contribution in [3.05, 3.63) is 33.3 Å². The number of hydrogen-bond acceptors (Lipinski definition) is 3. The first-order chi connectivity index (χ1) is 9.95. The maximum absolute atomic E-state index is 10.7. The molecule has 1 N–H and O–H groups in total. The van der Waals surface area contributed by atoms with Crippen LogP contribution in [0.25, 0.3) is 0 Å². The van der Waals surface area contributed by atoms with Crippen molar-refractivity contribution < 1.29 is 9.90 Å². The zero-order valence-corrected chi connectivity index (χ0v) is 14.4. The first-order valence-electron chi connectivity index (χ1n) is 7.04. The summed E-state index contributed by atoms with van der Waals surface area (Å²) in [4.78, 5) is 15.1. The minimum Gasteiger partial charge on any atom is -0.480 e. The largest absolute Gasteiger partial charge is 0.480 e. The summed E-state index contributed by atoms with van der Waals surface area (Å²) in [6.07, 6.45) is 2.02. The third-order valence-corrected chi connectivity index (χ3v) is 5.19. The molecule has 2 rings (SSSR count). The topological polar surface area (TPSA) is 43.8 Å². The van der Waals surface area contributed by atoms with Gasteiger partial charge in [0, 0.05) is 17.1 Å². The molecule has 0 unspecified atom stereocenters. The highest BCUT2D eigenvalue weighted by Gasteiger charge is 2.23. The molecule has 21 heavy (non-hydrogen) atoms. The van der Waals surface area contributed by atoms with E-state index in [1.54, 1.807) is 0 Å². The minimum atomic E-state index is -0.760. The number of aliphatic carboxylic acids is 1. The second-order valence-electron chi connectivity index (χ2n) is 5.56. The number of carboxylic acids is 1. The lowest BCUT2D eigenvalue weighted by Gasteiger charge is -2.36. The third-order valence-electron chi connectivity index (χ3n) is 3.96. The van der Waals surface area contributed by atoms with Crippen molar-refractivity contribution in [3.8, 4) is 0 Å². The third kappa shape index (κ3) is 4.95. The van der Waals surface area contributed by atoms with Gasteiger partial charge in [-0.05, 0) is 66.6 Å². The van der Waals surface area contributed by atoms with Crippen LogP contribution in [0.1, 0.15) is 18.4 Å². The second-order valence-corrected chi connectivity index (χ2v) is 6.83. The highest BCUT2D eigenvalue weighted by Crippen LogP contribution is 2.24. The van der Waals surface area contributed by atoms with Gasteiger partial charge in [0.1, 0.15) is 0 Å². The van der Waals surface area contributed by atoms with Crippen molar-refractivity contribution in [1.29, 1.82) is 0 Å². The molecule has 1 aromatic carbocycles. The van der Waals surface area contributed by atoms with Crippen LogP contribution in [-0.4, -0.2) is 53.6 Å². The van der Waals surface area contributed by atoms with E-state index in [1.165, 1.54) is 5.56 Å². The number of benzene rings is 1. The summed E-state index contributed by atoms with van der Waals surface area (Å²) in [6.45, 7) is 2.99. The summed E-state index contributed by atoms with van der Waals surface area (Å²) < 4.78 is 0.918. The standard InChI is InChI=1S/C15H20BrClN2O2/c1-18(10-15(20)21)12-4-6-19(7-5-12)9-11-2-3-13(16)14(17)8-11/h2-3,8,12H,4-7,9-10H2,1H3,(H,20,21). The number of nitrogens with zero attached hydrogens (tertiary/aromatic N) is 2. The Labute approximate surface area is 138 Å². The van der Waals surface area contributed by atoms with Crippen LogP contribution in [0.2, 0.25) is 5.02 Å². The number of carbonyl (C=O) groups is 1. The zero-order chi connectivity index (χ0) is 15.4. The Kier molecular flexibility index (Phi) is 6.05. The molecule has 0 radical (unpaired) electrons. The van der Waals surface area contributed by atoms with Gasteiger partial charge in [0.05, 0.1) is 11.6 Å². The van der Waals surface area contributed by atoms with E-state index < -0.39 is 5.97 Å². The van der Waals surface area contributed by atoms with Crippen molar-refractivity contribution in [2.24, 2.45) is 0 Å². The quantitative estimate of drug-likeness (QED) is 0.859. The van der Waals surface area contributed by atoms with E-state index in [4.69, 9.17) is 16.7 Å². The van der Waals surface area contributed by atoms with Gasteiger partial charge < -0.3 is 5.11 Å². The fraction of sp³-hybridized carbons (Fsp3) is 0.533. The van der Waals surface area contributed by atoms with E-state index >= 15 is 0 Å². The van der Waals surface area contributed by atoms with Gasteiger partial charge in [0.25, 0.3) is 0 Å². The lowest BCUT2D eigenvalue weighted by Crippen LogP contribution is -2.44. The van der Waals surface area contributed by atoms with Gasteiger partial charge in [0.15, 0.2) is 0 Å². The molecule has 1 aliphatic rings. The number of piperidine rings is 1. The zero-order valence-electron chi connectivity index (χ0n) is 12.1. The Bertz CT molecular complexity index is 504. The Morgan fingerprint density at radius 1 is 1.48 bits per heavy atom. The number of hydrogen-bond donors (Lipinski definition) is 1. The maximum Gasteiger partial charge on any atom is 0.317 e. The van der Waals surface area contributed by atoms with Crippen molar-refractivity contribution in [1.82, 2.24) is 9.80 Å². The number of rotatable bonds is 5. The van der Waals surface area contributed by atoms with Crippen LogP contribution in [0.4, 0.5) is 0 Å². The van der Waals surface area contributed by atoms with Crippen molar-refractivity contribution in [2.75, 3.05) is 26.7 Å². The molecule has 1 aliphatic heterocycles. The molecule has 1 fully saturated rings. The van der Waals surface area contributed by atoms with Gasteiger partial charge in [-0.25, -0.2) is 0 Å². The van der Waals surface area contributed by atoms with Gasteiger partial charge in [-0.1, -0.05) is 17.7 Å². The van der Waals surface area contributed by atoms with Gasteiger partial charge in [-0.2, -0.15) is 0 Å². The number of halogens is 2. The average Bonchev–Trinajstić information content (AvgIpc) is 2.43. The molecule has 4 nitrogen and oxygen atoms in total. The first-order valence-corrected chi connectivity index (χ1v) is 8.21. The molecule has 1 saturated heterocycles. The predicted octanol–water partition coefficient (Wildman–Crippen LogP) is 3.08. The molecular formula is C15H20BrClN2O2. The summed E-state index contributed by atoms with van der Waals surface area (Å²) in [7, 11) is 1.89. The second kappa shape index (κ2) is 7.58. The van der Waals surface area contributed by atoms with Crippen molar-refractivity contribution >= 4 is 33.5 Å². The van der Waals surface area contributed by atoms with Gasteiger partial charge in [-0.3, -0.25) is 14.6 Å². The Morgan fingerprint density at radius 3 is 2.71 bits per heavy atom. The van der Waals surface area contributed by atoms with Crippen LogP contribution in [-0.2, 0) is 11.3 Å². The molecule has 116 valence electrons. The van der Waals surface area contributed by atoms with E-state index in [0.717, 1.165) is 42.0 Å². The van der Waals surface area contributed by atoms with E-state index in [2.05, 4.69) is 26.9 Å². The van der Waals surface area contributed by atoms with E-state index in [-0.39, 0.29) is 6.54 Å². The first kappa shape index (κ1) is 16.7. The molecule has 0 aromatic heterocycles. The van der Waals surface area contributed by atoms with Crippen LogP contribution < -0.4 is 0 Å².